The average Bonchev–Trinajstić information content (AvgIpc) is 2.72. The average molecular weight is 429 g/mol. The Morgan fingerprint density at radius 2 is 1.93 bits per heavy atom. The third kappa shape index (κ3) is 6.87. The molecule has 2 N–H and O–H groups in total. The van der Waals surface area contributed by atoms with Crippen LogP contribution in [0, 0.1) is 0 Å². The highest BCUT2D eigenvalue weighted by Gasteiger charge is 2.34. The molecule has 1 heterocycles. The SMILES string of the molecule is CCNC(=NCC1(N(C)C)CCOCC1)NCCC(C)c1cccc(C(F)(F)F)c1. The first kappa shape index (κ1) is 24.5. The number of alkyl halides is 3. The summed E-state index contributed by atoms with van der Waals surface area (Å²) in [5.41, 5.74) is 0.0915. The van der Waals surface area contributed by atoms with Gasteiger partial charge in [0.2, 0.25) is 0 Å². The van der Waals surface area contributed by atoms with Crippen molar-refractivity contribution in [1.82, 2.24) is 15.5 Å². The van der Waals surface area contributed by atoms with Crippen molar-refractivity contribution in [3.05, 3.63) is 35.4 Å². The molecular formula is C22H35F3N4O. The summed E-state index contributed by atoms with van der Waals surface area (Å²) < 4.78 is 44.4. The number of nitrogens with one attached hydrogen (secondary N) is 2. The first-order valence-electron chi connectivity index (χ1n) is 10.6. The van der Waals surface area contributed by atoms with Gasteiger partial charge < -0.3 is 20.3 Å². The van der Waals surface area contributed by atoms with Crippen LogP contribution in [0.25, 0.3) is 0 Å². The standard InChI is InChI=1S/C22H35F3N4O/c1-5-26-20(28-16-21(29(3)4)10-13-30-14-11-21)27-12-9-17(2)18-7-6-8-19(15-18)22(23,24)25/h6-8,15,17H,5,9-14,16H2,1-4H3,(H2,26,27,28). The number of rotatable bonds is 8. The van der Waals surface area contributed by atoms with Crippen molar-refractivity contribution < 1.29 is 17.9 Å². The number of likely N-dealkylation sites (N-methyl/N-ethyl adjacent to an activating group) is 1. The van der Waals surface area contributed by atoms with Crippen LogP contribution in [0.15, 0.2) is 29.3 Å². The summed E-state index contributed by atoms with van der Waals surface area (Å²) in [6.45, 7) is 7.48. The van der Waals surface area contributed by atoms with Gasteiger partial charge in [-0.3, -0.25) is 4.99 Å². The molecule has 0 saturated carbocycles. The van der Waals surface area contributed by atoms with Crippen LogP contribution in [0.3, 0.4) is 0 Å². The Bertz CT molecular complexity index is 685. The van der Waals surface area contributed by atoms with Gasteiger partial charge in [-0.1, -0.05) is 25.1 Å². The van der Waals surface area contributed by atoms with Gasteiger partial charge in [0.05, 0.1) is 12.1 Å². The zero-order valence-electron chi connectivity index (χ0n) is 18.5. The predicted molar refractivity (Wildman–Crippen MR) is 115 cm³/mol. The fraction of sp³-hybridized carbons (Fsp3) is 0.682. The Labute approximate surface area is 178 Å². The molecule has 1 aliphatic rings. The maximum absolute atomic E-state index is 13.0. The largest absolute Gasteiger partial charge is 0.416 e. The van der Waals surface area contributed by atoms with E-state index in [0.29, 0.717) is 25.1 Å². The molecule has 0 amide bonds. The Balaban J connectivity index is 1.95. The van der Waals surface area contributed by atoms with Gasteiger partial charge in [0.25, 0.3) is 0 Å². The summed E-state index contributed by atoms with van der Waals surface area (Å²) in [5.74, 6) is 0.743. The molecule has 0 spiro atoms. The van der Waals surface area contributed by atoms with Gasteiger partial charge in [-0.2, -0.15) is 13.2 Å². The number of ether oxygens (including phenoxy) is 1. The van der Waals surface area contributed by atoms with E-state index in [4.69, 9.17) is 9.73 Å². The quantitative estimate of drug-likeness (QED) is 0.488. The van der Waals surface area contributed by atoms with Crippen LogP contribution >= 0.6 is 0 Å². The maximum Gasteiger partial charge on any atom is 0.416 e. The van der Waals surface area contributed by atoms with Gasteiger partial charge in [0, 0.05) is 31.8 Å². The lowest BCUT2D eigenvalue weighted by Gasteiger charge is -2.41. The van der Waals surface area contributed by atoms with Crippen LogP contribution < -0.4 is 10.6 Å². The van der Waals surface area contributed by atoms with Crippen LogP contribution in [-0.2, 0) is 10.9 Å². The molecule has 0 radical (unpaired) electrons. The molecule has 1 aromatic rings. The highest BCUT2D eigenvalue weighted by atomic mass is 19.4. The van der Waals surface area contributed by atoms with Crippen molar-refractivity contribution in [3.8, 4) is 0 Å². The minimum atomic E-state index is -4.31. The van der Waals surface area contributed by atoms with E-state index in [1.165, 1.54) is 12.1 Å². The number of aliphatic imine (C=N–C) groups is 1. The van der Waals surface area contributed by atoms with Crippen LogP contribution in [0.1, 0.15) is 50.2 Å². The van der Waals surface area contributed by atoms with Gasteiger partial charge in [0.1, 0.15) is 0 Å². The van der Waals surface area contributed by atoms with Gasteiger partial charge in [-0.25, -0.2) is 0 Å². The molecular weight excluding hydrogens is 393 g/mol. The number of guanidine groups is 1. The monoisotopic (exact) mass is 428 g/mol. The molecule has 1 saturated heterocycles. The molecule has 0 bridgehead atoms. The predicted octanol–water partition coefficient (Wildman–Crippen LogP) is 3.86. The van der Waals surface area contributed by atoms with Crippen molar-refractivity contribution in [1.29, 1.82) is 0 Å². The van der Waals surface area contributed by atoms with E-state index in [1.807, 2.05) is 13.8 Å². The molecule has 170 valence electrons. The van der Waals surface area contributed by atoms with Gasteiger partial charge >= 0.3 is 6.18 Å². The molecule has 30 heavy (non-hydrogen) atoms. The minimum absolute atomic E-state index is 0.00582. The molecule has 1 atom stereocenters. The molecule has 1 fully saturated rings. The van der Waals surface area contributed by atoms with Gasteiger partial charge in [-0.05, 0) is 57.8 Å². The van der Waals surface area contributed by atoms with Crippen molar-refractivity contribution in [2.75, 3.05) is 46.9 Å². The van der Waals surface area contributed by atoms with E-state index in [0.717, 1.165) is 44.6 Å². The van der Waals surface area contributed by atoms with Crippen molar-refractivity contribution in [2.24, 2.45) is 4.99 Å². The number of benzene rings is 1. The van der Waals surface area contributed by atoms with Crippen molar-refractivity contribution in [2.45, 2.75) is 50.7 Å². The molecule has 1 aliphatic heterocycles. The first-order chi connectivity index (χ1) is 14.2. The van der Waals surface area contributed by atoms with Crippen LogP contribution in [0.4, 0.5) is 13.2 Å². The maximum atomic E-state index is 13.0. The molecule has 1 unspecified atom stereocenters. The fourth-order valence-corrected chi connectivity index (χ4v) is 3.66. The molecule has 5 nitrogen and oxygen atoms in total. The van der Waals surface area contributed by atoms with Crippen LogP contribution in [-0.4, -0.2) is 63.3 Å². The Hall–Kier alpha value is -1.80. The van der Waals surface area contributed by atoms with E-state index < -0.39 is 11.7 Å². The minimum Gasteiger partial charge on any atom is -0.381 e. The highest BCUT2D eigenvalue weighted by Crippen LogP contribution is 2.31. The zero-order valence-corrected chi connectivity index (χ0v) is 18.5. The molecule has 0 aliphatic carbocycles. The Morgan fingerprint density at radius 1 is 1.23 bits per heavy atom. The topological polar surface area (TPSA) is 48.9 Å². The lowest BCUT2D eigenvalue weighted by atomic mass is 9.89. The number of nitrogens with zero attached hydrogens (tertiary/aromatic N) is 2. The third-order valence-electron chi connectivity index (χ3n) is 5.90. The Morgan fingerprint density at radius 3 is 2.53 bits per heavy atom. The lowest BCUT2D eigenvalue weighted by Crippen LogP contribution is -2.51. The second-order valence-corrected chi connectivity index (χ2v) is 8.17. The summed E-state index contributed by atoms with van der Waals surface area (Å²) in [6.07, 6.45) is -1.73. The first-order valence-corrected chi connectivity index (χ1v) is 10.6. The second kappa shape index (κ2) is 11.0. The third-order valence-corrected chi connectivity index (χ3v) is 5.90. The van der Waals surface area contributed by atoms with E-state index in [2.05, 4.69) is 29.6 Å². The summed E-state index contributed by atoms with van der Waals surface area (Å²) in [4.78, 5) is 7.03. The van der Waals surface area contributed by atoms with Crippen molar-refractivity contribution in [3.63, 3.8) is 0 Å². The zero-order chi connectivity index (χ0) is 22.2. The summed E-state index contributed by atoms with van der Waals surface area (Å²) in [7, 11) is 4.16. The molecule has 8 heteroatoms. The summed E-state index contributed by atoms with van der Waals surface area (Å²) >= 11 is 0. The molecule has 2 rings (SSSR count). The molecule has 1 aromatic carbocycles. The molecule has 0 aromatic heterocycles. The van der Waals surface area contributed by atoms with Crippen LogP contribution in [0.5, 0.6) is 0 Å². The second-order valence-electron chi connectivity index (χ2n) is 8.17. The van der Waals surface area contributed by atoms with E-state index >= 15 is 0 Å². The Kier molecular flexibility index (Phi) is 8.97. The van der Waals surface area contributed by atoms with E-state index in [-0.39, 0.29) is 11.5 Å². The van der Waals surface area contributed by atoms with E-state index in [9.17, 15) is 13.2 Å². The number of hydrogen-bond acceptors (Lipinski definition) is 3. The summed E-state index contributed by atoms with van der Waals surface area (Å²) in [5, 5.41) is 6.59. The smallest absolute Gasteiger partial charge is 0.381 e. The highest BCUT2D eigenvalue weighted by molar-refractivity contribution is 5.79. The van der Waals surface area contributed by atoms with Crippen LogP contribution in [0.2, 0.25) is 0 Å². The lowest BCUT2D eigenvalue weighted by molar-refractivity contribution is -0.137. The normalized spacial score (nSPS) is 18.3. The number of hydrogen-bond donors (Lipinski definition) is 2. The summed E-state index contributed by atoms with van der Waals surface area (Å²) in [6, 6.07) is 5.59. The van der Waals surface area contributed by atoms with E-state index in [1.54, 1.807) is 6.07 Å². The van der Waals surface area contributed by atoms with Gasteiger partial charge in [-0.15, -0.1) is 0 Å². The van der Waals surface area contributed by atoms with Gasteiger partial charge in [0.15, 0.2) is 5.96 Å². The van der Waals surface area contributed by atoms with Crippen molar-refractivity contribution >= 4 is 5.96 Å². The number of halogens is 3. The fourth-order valence-electron chi connectivity index (χ4n) is 3.66.